The topological polar surface area (TPSA) is 124 Å². The van der Waals surface area contributed by atoms with E-state index in [0.29, 0.717) is 12.2 Å². The molecule has 0 spiro atoms. The average molecular weight is 465 g/mol. The fourth-order valence-corrected chi connectivity index (χ4v) is 3.16. The van der Waals surface area contributed by atoms with Crippen molar-refractivity contribution in [2.45, 2.75) is 71.1 Å². The first-order valence-electron chi connectivity index (χ1n) is 10.00. The zero-order valence-corrected chi connectivity index (χ0v) is 16.5. The Kier molecular flexibility index (Phi) is 24.4. The van der Waals surface area contributed by atoms with Crippen molar-refractivity contribution in [2.75, 3.05) is 11.9 Å². The Morgan fingerprint density at radius 1 is 0.677 bits per heavy atom. The number of nitrogens with one attached hydrogen (secondary N) is 1. The zero-order chi connectivity index (χ0) is 20.9. The van der Waals surface area contributed by atoms with Crippen LogP contribution in [0.15, 0.2) is 12.1 Å². The molecule has 7 nitrogen and oxygen atoms in total. The van der Waals surface area contributed by atoms with Crippen LogP contribution >= 0.6 is 0 Å². The van der Waals surface area contributed by atoms with Gasteiger partial charge in [-0.2, -0.15) is 0 Å². The number of carboxylic acid groups (broad SMARTS) is 3. The molecule has 1 rings (SSSR count). The number of carboxylic acids is 3. The van der Waals surface area contributed by atoms with Crippen molar-refractivity contribution in [3.63, 3.8) is 0 Å². The number of hydrogen-bond acceptors (Lipinski definition) is 4. The van der Waals surface area contributed by atoms with E-state index < -0.39 is 34.6 Å². The molecule has 1 aromatic rings. The van der Waals surface area contributed by atoms with E-state index in [9.17, 15) is 24.6 Å². The van der Waals surface area contributed by atoms with Gasteiger partial charge in [-0.3, -0.25) is 0 Å². The molecule has 0 amide bonds. The molecule has 4 N–H and O–H groups in total. The molecule has 0 aliphatic heterocycles. The van der Waals surface area contributed by atoms with Crippen LogP contribution in [0.5, 0.6) is 0 Å². The van der Waals surface area contributed by atoms with Gasteiger partial charge in [-0.15, -0.1) is 0 Å². The summed E-state index contributed by atoms with van der Waals surface area (Å²) in [5.74, 6) is -4.51. The summed E-state index contributed by atoms with van der Waals surface area (Å²) in [7, 11) is 0. The Morgan fingerprint density at radius 2 is 1.06 bits per heavy atom. The molecule has 0 aliphatic carbocycles. The van der Waals surface area contributed by atoms with Crippen molar-refractivity contribution in [2.24, 2.45) is 0 Å². The third-order valence-electron chi connectivity index (χ3n) is 4.67. The number of benzene rings is 1. The van der Waals surface area contributed by atoms with Crippen molar-refractivity contribution in [3.05, 3.63) is 28.8 Å². The van der Waals surface area contributed by atoms with E-state index in [2.05, 4.69) is 12.2 Å². The molecule has 0 fully saturated rings. The van der Waals surface area contributed by atoms with E-state index in [4.69, 9.17) is 5.11 Å². The summed E-state index contributed by atoms with van der Waals surface area (Å²) in [5, 5.41) is 30.6. The van der Waals surface area contributed by atoms with Crippen LogP contribution in [0.4, 0.5) is 5.69 Å². The predicted molar refractivity (Wildman–Crippen MR) is 129 cm³/mol. The average Bonchev–Trinajstić information content (AvgIpc) is 2.65. The standard InChI is InChI=1S/C21H31NO6.3Na.3H/c1-2-3-4-5-6-7-8-9-10-11-12-22-15-13-16(19(23)24)18(21(27)28)17(14-15)20(25)26;;;;;;/h13-14,22H,2-12H2,1H3,(H,23,24)(H,25,26)(H,27,28);;;;;;. The van der Waals surface area contributed by atoms with E-state index in [1.807, 2.05) is 0 Å². The number of unbranched alkanes of at least 4 members (excludes halogenated alkanes) is 9. The first-order chi connectivity index (χ1) is 13.4. The molecule has 0 aromatic heterocycles. The van der Waals surface area contributed by atoms with Gasteiger partial charge >= 0.3 is 107 Å². The molecule has 0 bridgehead atoms. The summed E-state index contributed by atoms with van der Waals surface area (Å²) in [6, 6.07) is 2.35. The first kappa shape index (κ1) is 36.0. The van der Waals surface area contributed by atoms with Crippen molar-refractivity contribution in [3.8, 4) is 0 Å². The third-order valence-corrected chi connectivity index (χ3v) is 4.67. The maximum absolute atomic E-state index is 11.3. The van der Waals surface area contributed by atoms with E-state index in [1.165, 1.54) is 57.1 Å². The number of hydrogen-bond donors (Lipinski definition) is 4. The fourth-order valence-electron chi connectivity index (χ4n) is 3.16. The minimum absolute atomic E-state index is 0. The molecular weight excluding hydrogens is 431 g/mol. The molecule has 0 saturated heterocycles. The molecule has 10 heteroatoms. The Balaban J connectivity index is -0.00000261. The molecule has 0 atom stereocenters. The van der Waals surface area contributed by atoms with Crippen molar-refractivity contribution in [1.29, 1.82) is 0 Å². The number of rotatable bonds is 15. The monoisotopic (exact) mass is 465 g/mol. The second kappa shape index (κ2) is 21.0. The quantitative estimate of drug-likeness (QED) is 0.232. The van der Waals surface area contributed by atoms with Crippen molar-refractivity contribution < 1.29 is 29.7 Å². The van der Waals surface area contributed by atoms with E-state index in [-0.39, 0.29) is 88.7 Å². The Labute approximate surface area is 251 Å². The second-order valence-electron chi connectivity index (χ2n) is 6.97. The molecule has 0 unspecified atom stereocenters. The van der Waals surface area contributed by atoms with Gasteiger partial charge in [0.2, 0.25) is 0 Å². The second-order valence-corrected chi connectivity index (χ2v) is 6.97. The van der Waals surface area contributed by atoms with E-state index in [1.54, 1.807) is 0 Å². The zero-order valence-electron chi connectivity index (χ0n) is 16.5. The van der Waals surface area contributed by atoms with Gasteiger partial charge in [0.15, 0.2) is 0 Å². The van der Waals surface area contributed by atoms with Crippen LogP contribution < -0.4 is 5.32 Å². The van der Waals surface area contributed by atoms with E-state index in [0.717, 1.165) is 19.3 Å². The number of carbonyl (C=O) groups is 3. The first-order valence-corrected chi connectivity index (χ1v) is 10.00. The molecule has 31 heavy (non-hydrogen) atoms. The molecule has 162 valence electrons. The van der Waals surface area contributed by atoms with Crippen LogP contribution in [0.2, 0.25) is 0 Å². The van der Waals surface area contributed by atoms with Gasteiger partial charge in [-0.05, 0) is 18.6 Å². The normalized spacial score (nSPS) is 9.58. The van der Waals surface area contributed by atoms with Crippen LogP contribution in [0.25, 0.3) is 0 Å². The summed E-state index contributed by atoms with van der Waals surface area (Å²) < 4.78 is 0. The summed E-state index contributed by atoms with van der Waals surface area (Å²) in [4.78, 5) is 33.9. The van der Waals surface area contributed by atoms with Gasteiger partial charge in [0, 0.05) is 12.2 Å². The maximum atomic E-state index is 11.3. The predicted octanol–water partition coefficient (Wildman–Crippen LogP) is 3.17. The summed E-state index contributed by atoms with van der Waals surface area (Å²) in [5.41, 5.74) is -1.46. The summed E-state index contributed by atoms with van der Waals surface area (Å²) in [6.07, 6.45) is 12.0. The SMILES string of the molecule is CCCCCCCCCCCCNc1cc(C(=O)O)c(C(=O)O)c(C(=O)O)c1.[NaH].[NaH].[NaH]. The molecule has 1 aromatic carbocycles. The van der Waals surface area contributed by atoms with Crippen LogP contribution in [0, 0.1) is 0 Å². The Hall–Kier alpha value is 0.430. The van der Waals surface area contributed by atoms with Crippen LogP contribution in [-0.2, 0) is 0 Å². The van der Waals surface area contributed by atoms with Gasteiger partial charge in [0.1, 0.15) is 0 Å². The minimum atomic E-state index is -1.57. The summed E-state index contributed by atoms with van der Waals surface area (Å²) in [6.45, 7) is 2.78. The summed E-state index contributed by atoms with van der Waals surface area (Å²) >= 11 is 0. The fraction of sp³-hybridized carbons (Fsp3) is 0.571. The van der Waals surface area contributed by atoms with E-state index >= 15 is 0 Å². The Morgan fingerprint density at radius 3 is 1.42 bits per heavy atom. The third kappa shape index (κ3) is 14.3. The Bertz CT molecular complexity index is 650. The molecular formula is C21H34NNa3O6. The van der Waals surface area contributed by atoms with Gasteiger partial charge in [0.05, 0.1) is 16.7 Å². The van der Waals surface area contributed by atoms with Gasteiger partial charge in [0.25, 0.3) is 0 Å². The van der Waals surface area contributed by atoms with Gasteiger partial charge in [-0.1, -0.05) is 64.7 Å². The molecule has 0 heterocycles. The molecule has 0 saturated carbocycles. The number of anilines is 1. The van der Waals surface area contributed by atoms with Crippen LogP contribution in [-0.4, -0.2) is 128 Å². The van der Waals surface area contributed by atoms with Crippen LogP contribution in [0.1, 0.15) is 102 Å². The molecule has 0 radical (unpaired) electrons. The van der Waals surface area contributed by atoms with Crippen molar-refractivity contribution >= 4 is 112 Å². The van der Waals surface area contributed by atoms with Gasteiger partial charge in [-0.25, -0.2) is 14.4 Å². The number of aromatic carboxylic acids is 3. The van der Waals surface area contributed by atoms with Crippen LogP contribution in [0.3, 0.4) is 0 Å². The molecule has 0 aliphatic rings. The van der Waals surface area contributed by atoms with Crippen molar-refractivity contribution in [1.82, 2.24) is 0 Å². The van der Waals surface area contributed by atoms with Gasteiger partial charge < -0.3 is 20.6 Å².